The van der Waals surface area contributed by atoms with Gasteiger partial charge in [0.1, 0.15) is 30.0 Å². The molecule has 3 rings (SSSR count). The van der Waals surface area contributed by atoms with Gasteiger partial charge in [0.15, 0.2) is 0 Å². The van der Waals surface area contributed by atoms with Gasteiger partial charge in [-0.15, -0.1) is 0 Å². The number of epoxide rings is 2. The molecule has 35 heavy (non-hydrogen) atoms. The minimum absolute atomic E-state index is 0.0473. The lowest BCUT2D eigenvalue weighted by Crippen LogP contribution is -2.56. The molecule has 3 aliphatic rings. The smallest absolute Gasteiger partial charge is 0.325 e. The molecule has 3 fully saturated rings. The first-order chi connectivity index (χ1) is 16.5. The van der Waals surface area contributed by atoms with Crippen LogP contribution in [0.2, 0.25) is 0 Å². The summed E-state index contributed by atoms with van der Waals surface area (Å²) in [6.07, 6.45) is 3.71. The monoisotopic (exact) mass is 495 g/mol. The third-order valence-corrected chi connectivity index (χ3v) is 7.23. The Balaban J connectivity index is 1.51. The second kappa shape index (κ2) is 11.4. The molecular weight excluding hydrogens is 454 g/mol. The van der Waals surface area contributed by atoms with Gasteiger partial charge in [-0.25, -0.2) is 0 Å². The molecule has 2 N–H and O–H groups in total. The lowest BCUT2D eigenvalue weighted by Gasteiger charge is -2.42. The third-order valence-electron chi connectivity index (χ3n) is 7.23. The number of amides is 2. The van der Waals surface area contributed by atoms with Gasteiger partial charge < -0.3 is 29.6 Å². The highest BCUT2D eigenvalue weighted by molar-refractivity contribution is 5.83. The van der Waals surface area contributed by atoms with Gasteiger partial charge in [0, 0.05) is 27.1 Å². The number of rotatable bonds is 12. The highest BCUT2D eigenvalue weighted by atomic mass is 16.6. The fourth-order valence-corrected chi connectivity index (χ4v) is 5.25. The topological polar surface area (TPSA) is 122 Å². The number of likely N-dealkylation sites (N-methyl/N-ethyl adjacent to an activating group) is 1. The zero-order chi connectivity index (χ0) is 25.8. The van der Waals surface area contributed by atoms with E-state index in [9.17, 15) is 14.4 Å². The molecule has 6 atom stereocenters. The van der Waals surface area contributed by atoms with E-state index in [1.54, 1.807) is 19.1 Å². The van der Waals surface area contributed by atoms with Crippen molar-refractivity contribution in [1.29, 1.82) is 0 Å². The average Bonchev–Trinajstić information content (AvgIpc) is 3.69. The maximum absolute atomic E-state index is 12.6. The van der Waals surface area contributed by atoms with Gasteiger partial charge in [0.25, 0.3) is 0 Å². The molecule has 2 aliphatic heterocycles. The van der Waals surface area contributed by atoms with E-state index in [2.05, 4.69) is 37.5 Å². The number of hydrogen-bond donors (Lipinski definition) is 2. The summed E-state index contributed by atoms with van der Waals surface area (Å²) in [5.74, 6) is -0.951. The summed E-state index contributed by atoms with van der Waals surface area (Å²) in [4.78, 5) is 37.5. The number of allylic oxidation sites excluding steroid dienone is 1. The minimum atomic E-state index is -0.499. The number of carbonyl (C=O) groups excluding carboxylic acids is 3. The average molecular weight is 496 g/mol. The van der Waals surface area contributed by atoms with E-state index in [-0.39, 0.29) is 48.6 Å². The molecule has 10 heteroatoms. The number of methoxy groups -OCH3 is 1. The van der Waals surface area contributed by atoms with Crippen LogP contribution >= 0.6 is 0 Å². The van der Waals surface area contributed by atoms with E-state index in [0.29, 0.717) is 26.1 Å². The van der Waals surface area contributed by atoms with E-state index < -0.39 is 17.7 Å². The second-order valence-electron chi connectivity index (χ2n) is 10.4. The quantitative estimate of drug-likeness (QED) is 0.232. The summed E-state index contributed by atoms with van der Waals surface area (Å²) in [6.45, 7) is 9.22. The molecule has 2 heterocycles. The van der Waals surface area contributed by atoms with Crippen LogP contribution in [0.5, 0.6) is 0 Å². The van der Waals surface area contributed by atoms with E-state index in [1.807, 2.05) is 0 Å². The summed E-state index contributed by atoms with van der Waals surface area (Å²) >= 11 is 0. The molecule has 2 saturated heterocycles. The van der Waals surface area contributed by atoms with E-state index in [1.165, 1.54) is 12.5 Å². The fourth-order valence-electron chi connectivity index (χ4n) is 5.25. The second-order valence-corrected chi connectivity index (χ2v) is 10.4. The van der Waals surface area contributed by atoms with E-state index in [0.717, 1.165) is 12.8 Å². The van der Waals surface area contributed by atoms with Gasteiger partial charge in [-0.2, -0.15) is 0 Å². The van der Waals surface area contributed by atoms with E-state index >= 15 is 0 Å². The predicted octanol–water partition coefficient (Wildman–Crippen LogP) is 0.790. The van der Waals surface area contributed by atoms with Gasteiger partial charge in [0.05, 0.1) is 25.2 Å². The first-order valence-electron chi connectivity index (χ1n) is 12.4. The first-order valence-corrected chi connectivity index (χ1v) is 12.4. The molecule has 10 nitrogen and oxygen atoms in total. The highest BCUT2D eigenvalue weighted by Crippen LogP contribution is 2.59. The van der Waals surface area contributed by atoms with Crippen molar-refractivity contribution in [2.24, 2.45) is 5.92 Å². The van der Waals surface area contributed by atoms with Crippen LogP contribution in [-0.2, 0) is 33.3 Å². The van der Waals surface area contributed by atoms with Crippen molar-refractivity contribution in [3.8, 4) is 0 Å². The van der Waals surface area contributed by atoms with Crippen molar-refractivity contribution in [3.05, 3.63) is 11.6 Å². The normalized spacial score (nSPS) is 33.2. The molecule has 0 radical (unpaired) electrons. The summed E-state index contributed by atoms with van der Waals surface area (Å²) in [7, 11) is 3.40. The summed E-state index contributed by atoms with van der Waals surface area (Å²) in [5.41, 5.74) is 0.568. The zero-order valence-corrected chi connectivity index (χ0v) is 21.8. The maximum atomic E-state index is 12.6. The van der Waals surface area contributed by atoms with Crippen molar-refractivity contribution in [3.63, 3.8) is 0 Å². The molecule has 0 aromatic carbocycles. The number of esters is 1. The van der Waals surface area contributed by atoms with E-state index in [4.69, 9.17) is 18.9 Å². The Kier molecular flexibility index (Phi) is 8.96. The number of ether oxygens (including phenoxy) is 4. The SMILES string of the molecule is COC1C(OC(=O)CNC(=O)CN(C)CCNC(C)=O)CC[C@]2(CO2)C1[C@@]1(C)O[C@@H]1CC=C(C)C. The molecular formula is C25H41N3O7. The minimum Gasteiger partial charge on any atom is -0.458 e. The molecule has 0 bridgehead atoms. The predicted molar refractivity (Wildman–Crippen MR) is 129 cm³/mol. The van der Waals surface area contributed by atoms with Crippen LogP contribution in [0.3, 0.4) is 0 Å². The Labute approximate surface area is 208 Å². The van der Waals surface area contributed by atoms with Gasteiger partial charge in [-0.05, 0) is 47.1 Å². The van der Waals surface area contributed by atoms with Crippen LogP contribution in [0.15, 0.2) is 11.6 Å². The Hall–Kier alpha value is -2.01. The van der Waals surface area contributed by atoms with Gasteiger partial charge in [0.2, 0.25) is 11.8 Å². The molecule has 3 unspecified atom stereocenters. The van der Waals surface area contributed by atoms with Gasteiger partial charge in [-0.3, -0.25) is 19.3 Å². The van der Waals surface area contributed by atoms with Crippen LogP contribution in [0.1, 0.15) is 47.0 Å². The molecule has 0 aromatic heterocycles. The third kappa shape index (κ3) is 7.03. The van der Waals surface area contributed by atoms with Crippen LogP contribution in [0, 0.1) is 5.92 Å². The van der Waals surface area contributed by atoms with Crippen LogP contribution in [0.4, 0.5) is 0 Å². The number of carbonyl (C=O) groups is 3. The van der Waals surface area contributed by atoms with Crippen LogP contribution in [0.25, 0.3) is 0 Å². The fraction of sp³-hybridized carbons (Fsp3) is 0.800. The van der Waals surface area contributed by atoms with Gasteiger partial charge in [-0.1, -0.05) is 11.6 Å². The molecule has 2 amide bonds. The Morgan fingerprint density at radius 2 is 1.91 bits per heavy atom. The largest absolute Gasteiger partial charge is 0.458 e. The summed E-state index contributed by atoms with van der Waals surface area (Å²) in [6, 6.07) is 0. The Morgan fingerprint density at radius 3 is 2.51 bits per heavy atom. The Bertz CT molecular complexity index is 824. The standard InChI is InChI=1S/C25H41N3O7/c1-16(2)7-8-19-24(4,35-19)23-22(32-6)18(9-10-25(23)15-33-25)34-21(31)13-27-20(30)14-28(5)12-11-26-17(3)29/h7,18-19,22-23H,8-15H2,1-6H3,(H,26,29)(H,27,30)/t18?,19-,22?,23?,24+,25+/m1/s1. The number of nitrogens with one attached hydrogen (secondary N) is 2. The van der Waals surface area contributed by atoms with Crippen molar-refractivity contribution in [2.45, 2.75) is 76.5 Å². The molecule has 198 valence electrons. The van der Waals surface area contributed by atoms with Gasteiger partial charge >= 0.3 is 5.97 Å². The van der Waals surface area contributed by atoms with Crippen molar-refractivity contribution in [1.82, 2.24) is 15.5 Å². The molecule has 0 aromatic rings. The summed E-state index contributed by atoms with van der Waals surface area (Å²) < 4.78 is 23.8. The highest BCUT2D eigenvalue weighted by Gasteiger charge is 2.72. The Morgan fingerprint density at radius 1 is 1.20 bits per heavy atom. The first kappa shape index (κ1) is 27.6. The number of hydrogen-bond acceptors (Lipinski definition) is 8. The molecule has 1 aliphatic carbocycles. The van der Waals surface area contributed by atoms with Crippen LogP contribution in [-0.4, -0.2) is 99.1 Å². The summed E-state index contributed by atoms with van der Waals surface area (Å²) in [5, 5.41) is 5.29. The zero-order valence-electron chi connectivity index (χ0n) is 21.8. The van der Waals surface area contributed by atoms with Crippen LogP contribution < -0.4 is 10.6 Å². The molecule has 1 spiro atoms. The maximum Gasteiger partial charge on any atom is 0.325 e. The van der Waals surface area contributed by atoms with Crippen molar-refractivity contribution < 1.29 is 33.3 Å². The number of nitrogens with zero attached hydrogens (tertiary/aromatic N) is 1. The lowest BCUT2D eigenvalue weighted by atomic mass is 9.68. The lowest BCUT2D eigenvalue weighted by molar-refractivity contribution is -0.171. The van der Waals surface area contributed by atoms with Crippen molar-refractivity contribution >= 4 is 17.8 Å². The van der Waals surface area contributed by atoms with Crippen molar-refractivity contribution in [2.75, 3.05) is 46.9 Å². The molecule has 1 saturated carbocycles.